The first-order chi connectivity index (χ1) is 10.1. The number of rotatable bonds is 4. The molecular formula is C12H13Cl2FN4O2S. The number of hydrogen-bond donors (Lipinski definition) is 1. The minimum Gasteiger partial charge on any atom is -0.247 e. The fraction of sp³-hybridized carbons (Fsp3) is 0.333. The van der Waals surface area contributed by atoms with E-state index in [-0.39, 0.29) is 21.9 Å². The van der Waals surface area contributed by atoms with Crippen molar-refractivity contribution in [3.63, 3.8) is 0 Å². The number of nitrogens with one attached hydrogen (secondary N) is 1. The third-order valence-corrected chi connectivity index (χ3v) is 5.00. The Morgan fingerprint density at radius 1 is 1.27 bits per heavy atom. The lowest BCUT2D eigenvalue weighted by molar-refractivity contribution is 0.598. The van der Waals surface area contributed by atoms with Gasteiger partial charge in [0.15, 0.2) is 5.82 Å². The summed E-state index contributed by atoms with van der Waals surface area (Å²) in [5.74, 6) is -0.200. The van der Waals surface area contributed by atoms with Gasteiger partial charge in [0.1, 0.15) is 10.7 Å². The summed E-state index contributed by atoms with van der Waals surface area (Å²) in [4.78, 5) is 3.69. The van der Waals surface area contributed by atoms with Crippen LogP contribution in [0.4, 0.5) is 10.3 Å². The second kappa shape index (κ2) is 6.02. The zero-order valence-corrected chi connectivity index (χ0v) is 14.3. The first-order valence-electron chi connectivity index (χ1n) is 6.20. The summed E-state index contributed by atoms with van der Waals surface area (Å²) < 4.78 is 41.5. The van der Waals surface area contributed by atoms with Crippen LogP contribution < -0.4 is 4.72 Å². The summed E-state index contributed by atoms with van der Waals surface area (Å²) in [5.41, 5.74) is 0. The molecule has 0 spiro atoms. The molecule has 0 aliphatic heterocycles. The van der Waals surface area contributed by atoms with Crippen molar-refractivity contribution in [2.75, 3.05) is 4.72 Å². The molecule has 1 aromatic heterocycles. The molecule has 0 saturated carbocycles. The lowest BCUT2D eigenvalue weighted by Gasteiger charge is -2.10. The molecule has 0 aliphatic rings. The molecule has 6 nitrogen and oxygen atoms in total. The zero-order chi connectivity index (χ0) is 16.7. The molecule has 0 aliphatic carbocycles. The SMILES string of the molecule is CC(C)c1nc(NS(=O)(=O)c2c(Cl)cc(F)cc2Cl)n(C)n1. The van der Waals surface area contributed by atoms with E-state index >= 15 is 0 Å². The van der Waals surface area contributed by atoms with Crippen LogP contribution in [-0.4, -0.2) is 23.2 Å². The van der Waals surface area contributed by atoms with Gasteiger partial charge in [0, 0.05) is 13.0 Å². The average Bonchev–Trinajstić information content (AvgIpc) is 2.68. The number of nitrogens with zero attached hydrogens (tertiary/aromatic N) is 3. The molecule has 10 heteroatoms. The third kappa shape index (κ3) is 3.34. The topological polar surface area (TPSA) is 76.9 Å². The fourth-order valence-electron chi connectivity index (χ4n) is 1.69. The van der Waals surface area contributed by atoms with Crippen LogP contribution in [0.15, 0.2) is 17.0 Å². The second-order valence-corrected chi connectivity index (χ2v) is 7.31. The van der Waals surface area contributed by atoms with E-state index in [1.807, 2.05) is 13.8 Å². The molecule has 0 bridgehead atoms. The molecule has 1 N–H and O–H groups in total. The Balaban J connectivity index is 2.45. The van der Waals surface area contributed by atoms with Crippen LogP contribution in [0.25, 0.3) is 0 Å². The predicted octanol–water partition coefficient (Wildman–Crippen LogP) is 3.19. The van der Waals surface area contributed by atoms with Gasteiger partial charge in [0.2, 0.25) is 5.95 Å². The van der Waals surface area contributed by atoms with Crippen molar-refractivity contribution < 1.29 is 12.8 Å². The van der Waals surface area contributed by atoms with Crippen molar-refractivity contribution in [2.45, 2.75) is 24.7 Å². The third-order valence-electron chi connectivity index (χ3n) is 2.75. The highest BCUT2D eigenvalue weighted by Gasteiger charge is 2.25. The maximum atomic E-state index is 13.2. The smallest absolute Gasteiger partial charge is 0.247 e. The molecule has 1 heterocycles. The number of aryl methyl sites for hydroxylation is 1. The van der Waals surface area contributed by atoms with E-state index in [4.69, 9.17) is 23.2 Å². The van der Waals surface area contributed by atoms with Gasteiger partial charge in [-0.2, -0.15) is 10.1 Å². The number of aromatic nitrogens is 3. The van der Waals surface area contributed by atoms with Gasteiger partial charge in [-0.25, -0.2) is 22.2 Å². The zero-order valence-electron chi connectivity index (χ0n) is 11.9. The molecule has 120 valence electrons. The summed E-state index contributed by atoms with van der Waals surface area (Å²) in [7, 11) is -2.58. The van der Waals surface area contributed by atoms with Crippen LogP contribution in [0.3, 0.4) is 0 Å². The van der Waals surface area contributed by atoms with Gasteiger partial charge >= 0.3 is 0 Å². The van der Waals surface area contributed by atoms with E-state index in [0.717, 1.165) is 12.1 Å². The molecule has 22 heavy (non-hydrogen) atoms. The van der Waals surface area contributed by atoms with Crippen molar-refractivity contribution in [1.82, 2.24) is 14.8 Å². The van der Waals surface area contributed by atoms with E-state index in [1.165, 1.54) is 4.68 Å². The van der Waals surface area contributed by atoms with Crippen LogP contribution in [-0.2, 0) is 17.1 Å². The first-order valence-corrected chi connectivity index (χ1v) is 8.44. The van der Waals surface area contributed by atoms with E-state index in [1.54, 1.807) is 7.05 Å². The summed E-state index contributed by atoms with van der Waals surface area (Å²) in [6.45, 7) is 3.75. The Morgan fingerprint density at radius 2 is 1.82 bits per heavy atom. The monoisotopic (exact) mass is 366 g/mol. The van der Waals surface area contributed by atoms with E-state index in [0.29, 0.717) is 5.82 Å². The van der Waals surface area contributed by atoms with Crippen molar-refractivity contribution in [3.05, 3.63) is 33.8 Å². The summed E-state index contributed by atoms with van der Waals surface area (Å²) >= 11 is 11.6. The van der Waals surface area contributed by atoms with E-state index < -0.39 is 20.7 Å². The number of anilines is 1. The van der Waals surface area contributed by atoms with Gasteiger partial charge in [-0.3, -0.25) is 0 Å². The average molecular weight is 367 g/mol. The lowest BCUT2D eigenvalue weighted by atomic mass is 10.2. The van der Waals surface area contributed by atoms with Gasteiger partial charge in [-0.05, 0) is 12.1 Å². The largest absolute Gasteiger partial charge is 0.267 e. The van der Waals surface area contributed by atoms with Crippen LogP contribution >= 0.6 is 23.2 Å². The molecule has 0 radical (unpaired) electrons. The number of sulfonamides is 1. The van der Waals surface area contributed by atoms with E-state index in [2.05, 4.69) is 14.8 Å². The van der Waals surface area contributed by atoms with Gasteiger partial charge in [0.05, 0.1) is 10.0 Å². The molecule has 0 saturated heterocycles. The molecule has 0 fully saturated rings. The van der Waals surface area contributed by atoms with Crippen molar-refractivity contribution in [1.29, 1.82) is 0 Å². The highest BCUT2D eigenvalue weighted by Crippen LogP contribution is 2.31. The quantitative estimate of drug-likeness (QED) is 0.901. The molecular weight excluding hydrogens is 354 g/mol. The Hall–Kier alpha value is -1.38. The Kier molecular flexibility index (Phi) is 4.65. The summed E-state index contributed by atoms with van der Waals surface area (Å²) in [6, 6.07) is 1.75. The minimum atomic E-state index is -4.13. The number of halogens is 3. The van der Waals surface area contributed by atoms with Crippen LogP contribution in [0.5, 0.6) is 0 Å². The fourth-order valence-corrected chi connectivity index (χ4v) is 3.92. The highest BCUT2D eigenvalue weighted by atomic mass is 35.5. The lowest BCUT2D eigenvalue weighted by Crippen LogP contribution is -2.17. The Bertz CT molecular complexity index is 798. The van der Waals surface area contributed by atoms with Gasteiger partial charge in [-0.15, -0.1) is 0 Å². The Morgan fingerprint density at radius 3 is 2.27 bits per heavy atom. The second-order valence-electron chi connectivity index (χ2n) is 4.88. The van der Waals surface area contributed by atoms with E-state index in [9.17, 15) is 12.8 Å². The first kappa shape index (κ1) is 17.0. The molecule has 0 amide bonds. The molecule has 2 rings (SSSR count). The van der Waals surface area contributed by atoms with Crippen molar-refractivity contribution >= 4 is 39.2 Å². The predicted molar refractivity (Wildman–Crippen MR) is 82.3 cm³/mol. The standard InChI is InChI=1S/C12H13Cl2FN4O2S/c1-6(2)11-16-12(19(3)17-11)18-22(20,21)10-8(13)4-7(15)5-9(10)14/h4-6H,1-3H3,(H,16,17,18). The van der Waals surface area contributed by atoms with Gasteiger partial charge < -0.3 is 0 Å². The van der Waals surface area contributed by atoms with Crippen LogP contribution in [0.1, 0.15) is 25.6 Å². The molecule has 0 unspecified atom stereocenters. The molecule has 0 atom stereocenters. The number of benzene rings is 1. The highest BCUT2D eigenvalue weighted by molar-refractivity contribution is 7.93. The Labute approximate surface area is 137 Å². The van der Waals surface area contributed by atoms with Crippen LogP contribution in [0.2, 0.25) is 10.0 Å². The summed E-state index contributed by atoms with van der Waals surface area (Å²) in [6.07, 6.45) is 0. The maximum absolute atomic E-state index is 13.2. The minimum absolute atomic E-state index is 0.0140. The van der Waals surface area contributed by atoms with Crippen molar-refractivity contribution in [3.8, 4) is 0 Å². The normalized spacial score (nSPS) is 12.0. The molecule has 2 aromatic rings. The maximum Gasteiger partial charge on any atom is 0.267 e. The molecule has 1 aromatic carbocycles. The summed E-state index contributed by atoms with van der Waals surface area (Å²) in [5, 5.41) is 3.47. The van der Waals surface area contributed by atoms with Gasteiger partial charge in [-0.1, -0.05) is 37.0 Å². The van der Waals surface area contributed by atoms with Crippen LogP contribution in [0, 0.1) is 5.82 Å². The van der Waals surface area contributed by atoms with Crippen molar-refractivity contribution in [2.24, 2.45) is 7.05 Å². The van der Waals surface area contributed by atoms with Gasteiger partial charge in [0.25, 0.3) is 10.0 Å². The number of hydrogen-bond acceptors (Lipinski definition) is 4.